The van der Waals surface area contributed by atoms with Gasteiger partial charge >= 0.3 is 6.55 Å². The molecular weight excluding hydrogens is 453 g/mol. The molecule has 0 saturated heterocycles. The summed E-state index contributed by atoms with van der Waals surface area (Å²) in [4.78, 5) is 0. The third kappa shape index (κ3) is 4.32. The molecule has 1 aliphatic heterocycles. The van der Waals surface area contributed by atoms with E-state index in [2.05, 4.69) is 95.6 Å². The van der Waals surface area contributed by atoms with E-state index < -0.39 is 6.55 Å². The first-order valence-electron chi connectivity index (χ1n) is 12.6. The van der Waals surface area contributed by atoms with Crippen LogP contribution >= 0.6 is 0 Å². The van der Waals surface area contributed by atoms with Gasteiger partial charge in [-0.15, -0.1) is 10.9 Å². The summed E-state index contributed by atoms with van der Waals surface area (Å²) < 4.78 is 16.0. The molecule has 0 amide bonds. The predicted molar refractivity (Wildman–Crippen MR) is 154 cm³/mol. The van der Waals surface area contributed by atoms with Crippen LogP contribution in [0.3, 0.4) is 0 Å². The Morgan fingerprint density at radius 3 is 1.81 bits per heavy atom. The van der Waals surface area contributed by atoms with Gasteiger partial charge in [-0.3, -0.25) is 0 Å². The first kappa shape index (κ1) is 22.9. The highest BCUT2D eigenvalue weighted by Crippen LogP contribution is 2.34. The number of benzene rings is 4. The molecule has 0 N–H and O–H groups in total. The Morgan fingerprint density at radius 1 is 0.595 bits per heavy atom. The number of fused-ring (bicyclic) bond motifs is 1. The lowest BCUT2D eigenvalue weighted by atomic mass is 9.45. The second kappa shape index (κ2) is 9.48. The minimum Gasteiger partial charge on any atom is -0.675 e. The second-order valence-corrected chi connectivity index (χ2v) is 9.65. The van der Waals surface area contributed by atoms with Crippen molar-refractivity contribution in [2.24, 2.45) is 0 Å². The summed E-state index contributed by atoms with van der Waals surface area (Å²) in [5, 5.41) is 2.37. The van der Waals surface area contributed by atoms with Crippen molar-refractivity contribution >= 4 is 39.7 Å². The molecule has 0 aromatic heterocycles. The van der Waals surface area contributed by atoms with Crippen molar-refractivity contribution in [2.45, 2.75) is 0 Å². The molecule has 180 valence electrons. The van der Waals surface area contributed by atoms with E-state index in [0.29, 0.717) is 0 Å². The van der Waals surface area contributed by atoms with E-state index in [9.17, 15) is 0 Å². The van der Waals surface area contributed by atoms with Gasteiger partial charge in [-0.25, -0.2) is 4.58 Å². The van der Waals surface area contributed by atoms with Crippen LogP contribution in [0.4, 0.5) is 0 Å². The lowest BCUT2D eigenvalue weighted by Gasteiger charge is -2.48. The van der Waals surface area contributed by atoms with Gasteiger partial charge in [-0.2, -0.15) is 0 Å². The Kier molecular flexibility index (Phi) is 5.86. The molecule has 0 fully saturated rings. The smallest absolute Gasteiger partial charge is 0.406 e. The summed E-state index contributed by atoms with van der Waals surface area (Å²) in [6.07, 6.45) is 10.5. The van der Waals surface area contributed by atoms with E-state index >= 15 is 0 Å². The van der Waals surface area contributed by atoms with Crippen molar-refractivity contribution in [1.82, 2.24) is 0 Å². The van der Waals surface area contributed by atoms with Crippen molar-refractivity contribution in [3.8, 4) is 0 Å². The van der Waals surface area contributed by atoms with Gasteiger partial charge in [-0.05, 0) is 29.0 Å². The van der Waals surface area contributed by atoms with Gasteiger partial charge in [0.05, 0.1) is 11.5 Å². The summed E-state index contributed by atoms with van der Waals surface area (Å²) in [6.45, 7) is -2.05. The van der Waals surface area contributed by atoms with E-state index in [0.717, 1.165) is 39.3 Å². The Hall–Kier alpha value is -4.57. The Labute approximate surface area is 218 Å². The minimum absolute atomic E-state index is 0.785. The van der Waals surface area contributed by atoms with Crippen LogP contribution in [0.2, 0.25) is 0 Å². The van der Waals surface area contributed by atoms with Crippen LogP contribution in [-0.2, 0) is 9.31 Å². The maximum absolute atomic E-state index is 6.97. The molecule has 0 saturated carbocycles. The van der Waals surface area contributed by atoms with E-state index in [1.807, 2.05) is 56.6 Å². The van der Waals surface area contributed by atoms with Gasteiger partial charge in [0, 0.05) is 29.4 Å². The highest BCUT2D eigenvalue weighted by atomic mass is 16.6. The normalized spacial score (nSPS) is 16.3. The van der Waals surface area contributed by atoms with Crippen LogP contribution in [0.1, 0.15) is 5.56 Å². The van der Waals surface area contributed by atoms with Crippen LogP contribution in [0.15, 0.2) is 145 Å². The minimum atomic E-state index is -2.05. The van der Waals surface area contributed by atoms with Crippen LogP contribution < -0.4 is 10.9 Å². The predicted octanol–water partition coefficient (Wildman–Crippen LogP) is 5.58. The molecule has 3 nitrogen and oxygen atoms in total. The van der Waals surface area contributed by atoms with Crippen molar-refractivity contribution < 1.29 is 13.9 Å². The van der Waals surface area contributed by atoms with Gasteiger partial charge in [0.25, 0.3) is 0 Å². The molecule has 0 bridgehead atoms. The molecule has 1 aliphatic carbocycles. The number of nitrogens with zero attached hydrogens (tertiary/aromatic N) is 1. The van der Waals surface area contributed by atoms with E-state index in [1.54, 1.807) is 0 Å². The highest BCUT2D eigenvalue weighted by molar-refractivity contribution is 6.93. The van der Waals surface area contributed by atoms with Crippen LogP contribution in [0.5, 0.6) is 0 Å². The fourth-order valence-corrected chi connectivity index (χ4v) is 5.02. The van der Waals surface area contributed by atoms with E-state index in [4.69, 9.17) is 9.31 Å². The molecule has 0 unspecified atom stereocenters. The molecule has 4 heteroatoms. The van der Waals surface area contributed by atoms with Gasteiger partial charge in [0.15, 0.2) is 5.71 Å². The van der Waals surface area contributed by atoms with Gasteiger partial charge in [-0.1, -0.05) is 97.1 Å². The number of hydrogen-bond acceptors (Lipinski definition) is 2. The maximum Gasteiger partial charge on any atom is 0.406 e. The molecule has 0 spiro atoms. The highest BCUT2D eigenvalue weighted by Gasteiger charge is 2.39. The summed E-state index contributed by atoms with van der Waals surface area (Å²) in [5.74, 6) is 1.57. The number of hydrogen-bond donors (Lipinski definition) is 0. The third-order valence-corrected chi connectivity index (χ3v) is 7.03. The fourth-order valence-electron chi connectivity index (χ4n) is 5.02. The summed E-state index contributed by atoms with van der Waals surface area (Å²) in [6, 6.07) is 35.4. The van der Waals surface area contributed by atoms with Gasteiger partial charge in [0.2, 0.25) is 0 Å². The van der Waals surface area contributed by atoms with E-state index in [-0.39, 0.29) is 0 Å². The van der Waals surface area contributed by atoms with Crippen LogP contribution in [0, 0.1) is 0 Å². The number of rotatable bonds is 3. The average molecular weight is 481 g/mol. The monoisotopic (exact) mass is 481 g/mol. The van der Waals surface area contributed by atoms with Gasteiger partial charge < -0.3 is 9.31 Å². The lowest BCUT2D eigenvalue weighted by molar-refractivity contribution is -0.462. The molecular formula is C33H28BNO2. The molecule has 0 atom stereocenters. The topological polar surface area (TPSA) is 21.5 Å². The first-order chi connectivity index (χ1) is 18.1. The molecule has 1 heterocycles. The molecule has 4 aromatic carbocycles. The molecule has 6 rings (SSSR count). The standard InChI is InChI=1S/C33H28BNO2/c1-35(2)31-21-19-26(20-22-31)32-24-33(28-18-17-25-11-9-10-12-27(25)23-28)37-34(36-32,29-13-5-3-6-14-29)30-15-7-4-8-16-30/h3-24H,1-2H3. The summed E-state index contributed by atoms with van der Waals surface area (Å²) >= 11 is 0. The first-order valence-corrected chi connectivity index (χ1v) is 12.6. The van der Waals surface area contributed by atoms with Crippen molar-refractivity contribution in [3.05, 3.63) is 150 Å². The Balaban J connectivity index is 1.58. The lowest BCUT2D eigenvalue weighted by Crippen LogP contribution is -2.63. The largest absolute Gasteiger partial charge is 0.675 e. The second-order valence-electron chi connectivity index (χ2n) is 9.65. The molecule has 4 aromatic rings. The zero-order valence-corrected chi connectivity index (χ0v) is 21.0. The number of allylic oxidation sites excluding steroid dienone is 6. The average Bonchev–Trinajstić information content (AvgIpc) is 2.97. The zero-order chi connectivity index (χ0) is 25.2. The van der Waals surface area contributed by atoms with Crippen molar-refractivity contribution in [1.29, 1.82) is 0 Å². The molecule has 0 radical (unpaired) electrons. The van der Waals surface area contributed by atoms with Gasteiger partial charge in [0.1, 0.15) is 14.1 Å². The van der Waals surface area contributed by atoms with Crippen molar-refractivity contribution in [3.63, 3.8) is 0 Å². The Morgan fingerprint density at radius 2 is 1.19 bits per heavy atom. The molecule has 2 aliphatic rings. The van der Waals surface area contributed by atoms with Crippen molar-refractivity contribution in [2.75, 3.05) is 14.1 Å². The molecule has 37 heavy (non-hydrogen) atoms. The zero-order valence-electron chi connectivity index (χ0n) is 21.0. The summed E-state index contributed by atoms with van der Waals surface area (Å²) in [7, 11) is 4.09. The fraction of sp³-hybridized carbons (Fsp3) is 0.0606. The SMILES string of the molecule is C[N+](C)=C1C=CC(=C2C=C(c3ccc4ccccc4c3)O[B-](c3ccccc3)(c3ccccc3)O2)C=C1. The van der Waals surface area contributed by atoms with E-state index in [1.165, 1.54) is 10.8 Å². The van der Waals surface area contributed by atoms with Crippen LogP contribution in [-0.4, -0.2) is 30.9 Å². The third-order valence-electron chi connectivity index (χ3n) is 7.03. The Bertz CT molecular complexity index is 1570. The summed E-state index contributed by atoms with van der Waals surface area (Å²) in [5.41, 5.74) is 5.14. The van der Waals surface area contributed by atoms with Crippen LogP contribution in [0.25, 0.3) is 16.5 Å². The maximum atomic E-state index is 6.97. The quantitative estimate of drug-likeness (QED) is 0.282.